The molecule has 4 heteroatoms. The van der Waals surface area contributed by atoms with Gasteiger partial charge < -0.3 is 4.74 Å². The summed E-state index contributed by atoms with van der Waals surface area (Å²) in [5.74, 6) is -1.29. The fourth-order valence-electron chi connectivity index (χ4n) is 1.50. The van der Waals surface area contributed by atoms with Gasteiger partial charge in [0, 0.05) is 4.47 Å². The summed E-state index contributed by atoms with van der Waals surface area (Å²) < 4.78 is 32.0. The van der Waals surface area contributed by atoms with Gasteiger partial charge in [-0.1, -0.05) is 22.4 Å². The van der Waals surface area contributed by atoms with Crippen molar-refractivity contribution in [2.75, 3.05) is 6.61 Å². The van der Waals surface area contributed by atoms with Crippen molar-refractivity contribution in [2.24, 2.45) is 5.92 Å². The van der Waals surface area contributed by atoms with Crippen molar-refractivity contribution in [3.8, 4) is 5.75 Å². The number of hydrogen-bond donors (Lipinski definition) is 0. The smallest absolute Gasteiger partial charge is 0.200 e. The minimum atomic E-state index is -0.905. The molecule has 82 valence electrons. The van der Waals surface area contributed by atoms with Gasteiger partial charge in [-0.2, -0.15) is 4.39 Å². The lowest BCUT2D eigenvalue weighted by Gasteiger charge is -2.25. The Labute approximate surface area is 95.6 Å². The fourth-order valence-corrected chi connectivity index (χ4v) is 1.91. The van der Waals surface area contributed by atoms with Crippen LogP contribution >= 0.6 is 15.9 Å². The van der Waals surface area contributed by atoms with Crippen LogP contribution in [-0.4, -0.2) is 6.61 Å². The number of rotatable bonds is 3. The van der Waals surface area contributed by atoms with Crippen LogP contribution in [0, 0.1) is 17.6 Å². The van der Waals surface area contributed by atoms with Gasteiger partial charge in [0.15, 0.2) is 11.6 Å². The summed E-state index contributed by atoms with van der Waals surface area (Å²) in [5, 5.41) is 0. The fraction of sp³-hybridized carbons (Fsp3) is 0.455. The number of halogens is 3. The molecule has 1 aliphatic rings. The van der Waals surface area contributed by atoms with E-state index in [4.69, 9.17) is 4.74 Å². The standard InChI is InChI=1S/C11H11BrF2O/c12-8-4-9(13)11(14)10(5-8)15-6-7-2-1-3-7/h4-5,7H,1-3,6H2. The van der Waals surface area contributed by atoms with E-state index in [9.17, 15) is 8.78 Å². The molecule has 1 nitrogen and oxygen atoms in total. The molecule has 1 aromatic rings. The van der Waals surface area contributed by atoms with E-state index in [0.29, 0.717) is 17.0 Å². The average molecular weight is 277 g/mol. The van der Waals surface area contributed by atoms with Crippen LogP contribution in [-0.2, 0) is 0 Å². The summed E-state index contributed by atoms with van der Waals surface area (Å²) in [6.45, 7) is 0.479. The number of benzene rings is 1. The van der Waals surface area contributed by atoms with E-state index in [1.165, 1.54) is 12.5 Å². The van der Waals surface area contributed by atoms with E-state index >= 15 is 0 Å². The molecule has 0 aliphatic heterocycles. The van der Waals surface area contributed by atoms with Crippen molar-refractivity contribution in [2.45, 2.75) is 19.3 Å². The molecule has 1 aromatic carbocycles. The largest absolute Gasteiger partial charge is 0.490 e. The molecular weight excluding hydrogens is 266 g/mol. The van der Waals surface area contributed by atoms with Crippen LogP contribution in [0.2, 0.25) is 0 Å². The third kappa shape index (κ3) is 2.48. The highest BCUT2D eigenvalue weighted by Crippen LogP contribution is 2.29. The van der Waals surface area contributed by atoms with Gasteiger partial charge in [0.05, 0.1) is 6.61 Å². The van der Waals surface area contributed by atoms with Crippen LogP contribution in [0.25, 0.3) is 0 Å². The minimum Gasteiger partial charge on any atom is -0.490 e. The van der Waals surface area contributed by atoms with Crippen LogP contribution in [0.4, 0.5) is 8.78 Å². The summed E-state index contributed by atoms with van der Waals surface area (Å²) in [5.41, 5.74) is 0. The average Bonchev–Trinajstić information content (AvgIpc) is 2.10. The number of ether oxygens (including phenoxy) is 1. The first-order valence-corrected chi connectivity index (χ1v) is 5.73. The molecular formula is C11H11BrF2O. The van der Waals surface area contributed by atoms with E-state index in [1.807, 2.05) is 0 Å². The predicted molar refractivity (Wildman–Crippen MR) is 56.9 cm³/mol. The summed E-state index contributed by atoms with van der Waals surface area (Å²) >= 11 is 3.10. The molecule has 1 fully saturated rings. The van der Waals surface area contributed by atoms with E-state index in [2.05, 4.69) is 15.9 Å². The molecule has 0 bridgehead atoms. The van der Waals surface area contributed by atoms with Gasteiger partial charge >= 0.3 is 0 Å². The van der Waals surface area contributed by atoms with Crippen LogP contribution < -0.4 is 4.74 Å². The quantitative estimate of drug-likeness (QED) is 0.761. The Kier molecular flexibility index (Phi) is 3.24. The van der Waals surface area contributed by atoms with Gasteiger partial charge in [0.2, 0.25) is 5.82 Å². The zero-order valence-electron chi connectivity index (χ0n) is 8.10. The molecule has 0 atom stereocenters. The normalized spacial score (nSPS) is 16.2. The lowest BCUT2D eigenvalue weighted by atomic mass is 9.86. The van der Waals surface area contributed by atoms with Gasteiger partial charge in [0.25, 0.3) is 0 Å². The zero-order chi connectivity index (χ0) is 10.8. The summed E-state index contributed by atoms with van der Waals surface area (Å²) in [7, 11) is 0. The van der Waals surface area contributed by atoms with Gasteiger partial charge in [-0.25, -0.2) is 4.39 Å². The molecule has 15 heavy (non-hydrogen) atoms. The Bertz CT molecular complexity index is 364. The molecule has 0 radical (unpaired) electrons. The topological polar surface area (TPSA) is 9.23 Å². The van der Waals surface area contributed by atoms with Gasteiger partial charge in [-0.3, -0.25) is 0 Å². The summed E-state index contributed by atoms with van der Waals surface area (Å²) in [6.07, 6.45) is 3.46. The van der Waals surface area contributed by atoms with Crippen molar-refractivity contribution in [3.63, 3.8) is 0 Å². The molecule has 0 N–H and O–H groups in total. The van der Waals surface area contributed by atoms with Gasteiger partial charge in [-0.15, -0.1) is 0 Å². The second-order valence-electron chi connectivity index (χ2n) is 3.81. The summed E-state index contributed by atoms with van der Waals surface area (Å²) in [4.78, 5) is 0. The van der Waals surface area contributed by atoms with E-state index in [0.717, 1.165) is 18.9 Å². The Morgan fingerprint density at radius 1 is 1.33 bits per heavy atom. The summed E-state index contributed by atoms with van der Waals surface area (Å²) in [6, 6.07) is 2.54. The van der Waals surface area contributed by atoms with Crippen molar-refractivity contribution in [1.82, 2.24) is 0 Å². The molecule has 0 aromatic heterocycles. The third-order valence-corrected chi connectivity index (χ3v) is 3.12. The first-order valence-electron chi connectivity index (χ1n) is 4.94. The highest BCUT2D eigenvalue weighted by atomic mass is 79.9. The first-order chi connectivity index (χ1) is 7.16. The highest BCUT2D eigenvalue weighted by Gasteiger charge is 2.19. The SMILES string of the molecule is Fc1cc(Br)cc(OCC2CCC2)c1F. The second kappa shape index (κ2) is 4.47. The molecule has 1 aliphatic carbocycles. The molecule has 0 heterocycles. The van der Waals surface area contributed by atoms with Crippen molar-refractivity contribution in [3.05, 3.63) is 28.2 Å². The molecule has 0 spiro atoms. The minimum absolute atomic E-state index is 0.00576. The van der Waals surface area contributed by atoms with Crippen LogP contribution in [0.1, 0.15) is 19.3 Å². The maximum absolute atomic E-state index is 13.2. The zero-order valence-corrected chi connectivity index (χ0v) is 9.69. The molecule has 0 unspecified atom stereocenters. The van der Waals surface area contributed by atoms with Crippen LogP contribution in [0.3, 0.4) is 0 Å². The van der Waals surface area contributed by atoms with Crippen molar-refractivity contribution >= 4 is 15.9 Å². The van der Waals surface area contributed by atoms with Gasteiger partial charge in [0.1, 0.15) is 0 Å². The van der Waals surface area contributed by atoms with E-state index in [-0.39, 0.29) is 5.75 Å². The first kappa shape index (κ1) is 10.9. The van der Waals surface area contributed by atoms with E-state index in [1.54, 1.807) is 0 Å². The maximum Gasteiger partial charge on any atom is 0.200 e. The van der Waals surface area contributed by atoms with Crippen molar-refractivity contribution in [1.29, 1.82) is 0 Å². The monoisotopic (exact) mass is 276 g/mol. The van der Waals surface area contributed by atoms with Crippen LogP contribution in [0.5, 0.6) is 5.75 Å². The second-order valence-corrected chi connectivity index (χ2v) is 4.72. The van der Waals surface area contributed by atoms with E-state index < -0.39 is 11.6 Å². The van der Waals surface area contributed by atoms with Gasteiger partial charge in [-0.05, 0) is 30.9 Å². The Morgan fingerprint density at radius 3 is 2.67 bits per heavy atom. The third-order valence-electron chi connectivity index (χ3n) is 2.66. The Hall–Kier alpha value is -0.640. The molecule has 1 saturated carbocycles. The lowest BCUT2D eigenvalue weighted by molar-refractivity contribution is 0.174. The number of hydrogen-bond acceptors (Lipinski definition) is 1. The Morgan fingerprint density at radius 2 is 2.07 bits per heavy atom. The molecule has 2 rings (SSSR count). The maximum atomic E-state index is 13.2. The predicted octanol–water partition coefficient (Wildman–Crippen LogP) is 3.91. The van der Waals surface area contributed by atoms with Crippen molar-refractivity contribution < 1.29 is 13.5 Å². The highest BCUT2D eigenvalue weighted by molar-refractivity contribution is 9.10. The Balaban J connectivity index is 2.05. The lowest BCUT2D eigenvalue weighted by Crippen LogP contribution is -2.19. The molecule has 0 amide bonds. The molecule has 0 saturated heterocycles. The van der Waals surface area contributed by atoms with Crippen LogP contribution in [0.15, 0.2) is 16.6 Å².